The molecular formula is C10H13BrO2. The van der Waals surface area contributed by atoms with Crippen LogP contribution in [0.3, 0.4) is 0 Å². The zero-order chi connectivity index (χ0) is 9.84. The van der Waals surface area contributed by atoms with Crippen LogP contribution in [-0.4, -0.2) is 18.3 Å². The number of hydrogen-bond acceptors (Lipinski definition) is 2. The molecule has 1 aromatic rings. The van der Waals surface area contributed by atoms with Crippen LogP contribution in [0.4, 0.5) is 0 Å². The molecule has 0 heterocycles. The Kier molecular flexibility index (Phi) is 3.75. The highest BCUT2D eigenvalue weighted by atomic mass is 79.9. The predicted molar refractivity (Wildman–Crippen MR) is 56.1 cm³/mol. The molecule has 72 valence electrons. The number of aliphatic hydroxyl groups is 1. The Labute approximate surface area is 86.7 Å². The Morgan fingerprint density at radius 3 is 2.69 bits per heavy atom. The summed E-state index contributed by atoms with van der Waals surface area (Å²) in [5, 5.41) is 9.20. The van der Waals surface area contributed by atoms with Crippen LogP contribution in [0.2, 0.25) is 0 Å². The van der Waals surface area contributed by atoms with Crippen LogP contribution in [0.5, 0.6) is 5.75 Å². The second-order valence-corrected chi connectivity index (χ2v) is 3.86. The van der Waals surface area contributed by atoms with Crippen LogP contribution in [0.25, 0.3) is 0 Å². The Balaban J connectivity index is 2.85. The number of ether oxygens (including phenoxy) is 1. The molecule has 0 saturated carbocycles. The summed E-state index contributed by atoms with van der Waals surface area (Å²) in [6, 6.07) is 5.75. The van der Waals surface area contributed by atoms with Gasteiger partial charge >= 0.3 is 0 Å². The quantitative estimate of drug-likeness (QED) is 0.885. The van der Waals surface area contributed by atoms with Crippen molar-refractivity contribution in [3.63, 3.8) is 0 Å². The second kappa shape index (κ2) is 4.63. The molecule has 0 aliphatic rings. The van der Waals surface area contributed by atoms with Gasteiger partial charge in [-0.05, 0) is 31.0 Å². The number of rotatable bonds is 3. The summed E-state index contributed by atoms with van der Waals surface area (Å²) in [5.74, 6) is 0.821. The average Bonchev–Trinajstić information content (AvgIpc) is 2.08. The largest absolute Gasteiger partial charge is 0.497 e. The third kappa shape index (κ3) is 3.01. The summed E-state index contributed by atoms with van der Waals surface area (Å²) >= 11 is 3.43. The Bertz CT molecular complexity index is 284. The third-order valence-corrected chi connectivity index (χ3v) is 2.51. The molecule has 0 amide bonds. The summed E-state index contributed by atoms with van der Waals surface area (Å²) in [7, 11) is 1.64. The van der Waals surface area contributed by atoms with Crippen LogP contribution in [0.1, 0.15) is 12.5 Å². The SMILES string of the molecule is COc1ccc(C[C@H](C)O)c(Br)c1. The van der Waals surface area contributed by atoms with E-state index in [1.54, 1.807) is 14.0 Å². The van der Waals surface area contributed by atoms with E-state index in [2.05, 4.69) is 15.9 Å². The second-order valence-electron chi connectivity index (χ2n) is 3.01. The van der Waals surface area contributed by atoms with Crippen molar-refractivity contribution in [1.82, 2.24) is 0 Å². The van der Waals surface area contributed by atoms with E-state index < -0.39 is 0 Å². The first-order chi connectivity index (χ1) is 6.13. The number of methoxy groups -OCH3 is 1. The smallest absolute Gasteiger partial charge is 0.120 e. The predicted octanol–water partition coefficient (Wildman–Crippen LogP) is 2.38. The monoisotopic (exact) mass is 244 g/mol. The first kappa shape index (κ1) is 10.5. The molecule has 0 saturated heterocycles. The van der Waals surface area contributed by atoms with Gasteiger partial charge in [-0.25, -0.2) is 0 Å². The highest BCUT2D eigenvalue weighted by Crippen LogP contribution is 2.23. The normalized spacial score (nSPS) is 12.6. The number of hydrogen-bond donors (Lipinski definition) is 1. The highest BCUT2D eigenvalue weighted by molar-refractivity contribution is 9.10. The fourth-order valence-electron chi connectivity index (χ4n) is 1.14. The van der Waals surface area contributed by atoms with Crippen molar-refractivity contribution in [2.24, 2.45) is 0 Å². The molecule has 0 fully saturated rings. The molecular weight excluding hydrogens is 232 g/mol. The summed E-state index contributed by atoms with van der Waals surface area (Å²) in [6.45, 7) is 1.77. The van der Waals surface area contributed by atoms with Gasteiger partial charge in [-0.15, -0.1) is 0 Å². The molecule has 1 atom stereocenters. The van der Waals surface area contributed by atoms with Crippen molar-refractivity contribution < 1.29 is 9.84 Å². The first-order valence-electron chi connectivity index (χ1n) is 4.14. The van der Waals surface area contributed by atoms with Crippen LogP contribution < -0.4 is 4.74 Å². The van der Waals surface area contributed by atoms with E-state index in [4.69, 9.17) is 4.74 Å². The lowest BCUT2D eigenvalue weighted by Crippen LogP contribution is -2.04. The number of benzene rings is 1. The van der Waals surface area contributed by atoms with Crippen molar-refractivity contribution in [3.8, 4) is 5.75 Å². The van der Waals surface area contributed by atoms with Crippen LogP contribution >= 0.6 is 15.9 Å². The van der Waals surface area contributed by atoms with E-state index in [-0.39, 0.29) is 6.10 Å². The fraction of sp³-hybridized carbons (Fsp3) is 0.400. The van der Waals surface area contributed by atoms with E-state index in [1.807, 2.05) is 18.2 Å². The minimum Gasteiger partial charge on any atom is -0.497 e. The van der Waals surface area contributed by atoms with Crippen molar-refractivity contribution in [3.05, 3.63) is 28.2 Å². The van der Waals surface area contributed by atoms with E-state index in [0.717, 1.165) is 15.8 Å². The van der Waals surface area contributed by atoms with Gasteiger partial charge in [0.1, 0.15) is 5.75 Å². The molecule has 3 heteroatoms. The van der Waals surface area contributed by atoms with Gasteiger partial charge in [0.05, 0.1) is 13.2 Å². The first-order valence-corrected chi connectivity index (χ1v) is 4.93. The topological polar surface area (TPSA) is 29.5 Å². The Morgan fingerprint density at radius 1 is 1.54 bits per heavy atom. The lowest BCUT2D eigenvalue weighted by atomic mass is 10.1. The molecule has 0 aliphatic carbocycles. The average molecular weight is 245 g/mol. The van der Waals surface area contributed by atoms with Crippen LogP contribution in [0.15, 0.2) is 22.7 Å². The lowest BCUT2D eigenvalue weighted by Gasteiger charge is -2.08. The van der Waals surface area contributed by atoms with Crippen LogP contribution in [-0.2, 0) is 6.42 Å². The zero-order valence-corrected chi connectivity index (χ0v) is 9.34. The molecule has 0 bridgehead atoms. The van der Waals surface area contributed by atoms with Gasteiger partial charge in [0.2, 0.25) is 0 Å². The minimum atomic E-state index is -0.315. The molecule has 0 aliphatic heterocycles. The van der Waals surface area contributed by atoms with Gasteiger partial charge in [0.25, 0.3) is 0 Å². The summed E-state index contributed by atoms with van der Waals surface area (Å²) in [6.07, 6.45) is 0.342. The zero-order valence-electron chi connectivity index (χ0n) is 7.75. The molecule has 0 radical (unpaired) electrons. The summed E-state index contributed by atoms with van der Waals surface area (Å²) < 4.78 is 6.04. The lowest BCUT2D eigenvalue weighted by molar-refractivity contribution is 0.195. The maximum absolute atomic E-state index is 9.20. The van der Waals surface area contributed by atoms with Gasteiger partial charge in [0.15, 0.2) is 0 Å². The van der Waals surface area contributed by atoms with Crippen molar-refractivity contribution >= 4 is 15.9 Å². The van der Waals surface area contributed by atoms with E-state index in [1.165, 1.54) is 0 Å². The molecule has 0 unspecified atom stereocenters. The van der Waals surface area contributed by atoms with E-state index in [9.17, 15) is 5.11 Å². The number of halogens is 1. The van der Waals surface area contributed by atoms with E-state index >= 15 is 0 Å². The minimum absolute atomic E-state index is 0.315. The fourth-order valence-corrected chi connectivity index (χ4v) is 1.66. The van der Waals surface area contributed by atoms with Gasteiger partial charge < -0.3 is 9.84 Å². The van der Waals surface area contributed by atoms with E-state index in [0.29, 0.717) is 6.42 Å². The molecule has 2 nitrogen and oxygen atoms in total. The summed E-state index contributed by atoms with van der Waals surface area (Å²) in [5.41, 5.74) is 1.09. The maximum atomic E-state index is 9.20. The molecule has 1 N–H and O–H groups in total. The third-order valence-electron chi connectivity index (χ3n) is 1.78. The van der Waals surface area contributed by atoms with Crippen LogP contribution in [0, 0.1) is 0 Å². The molecule has 0 aromatic heterocycles. The summed E-state index contributed by atoms with van der Waals surface area (Å²) in [4.78, 5) is 0. The van der Waals surface area contributed by atoms with Crippen molar-refractivity contribution in [2.45, 2.75) is 19.4 Å². The van der Waals surface area contributed by atoms with Gasteiger partial charge in [-0.3, -0.25) is 0 Å². The molecule has 0 spiro atoms. The van der Waals surface area contributed by atoms with Gasteiger partial charge in [-0.1, -0.05) is 22.0 Å². The Morgan fingerprint density at radius 2 is 2.23 bits per heavy atom. The van der Waals surface area contributed by atoms with Crippen molar-refractivity contribution in [2.75, 3.05) is 7.11 Å². The van der Waals surface area contributed by atoms with Crippen molar-refractivity contribution in [1.29, 1.82) is 0 Å². The molecule has 1 rings (SSSR count). The molecule has 13 heavy (non-hydrogen) atoms. The highest BCUT2D eigenvalue weighted by Gasteiger charge is 2.04. The standard InChI is InChI=1S/C10H13BrO2/c1-7(12)5-8-3-4-9(13-2)6-10(8)11/h3-4,6-7,12H,5H2,1-2H3/t7-/m0/s1. The maximum Gasteiger partial charge on any atom is 0.120 e. The number of aliphatic hydroxyl groups excluding tert-OH is 1. The van der Waals surface area contributed by atoms with Gasteiger partial charge in [0, 0.05) is 4.47 Å². The molecule has 1 aromatic carbocycles. The van der Waals surface area contributed by atoms with Gasteiger partial charge in [-0.2, -0.15) is 0 Å². The Hall–Kier alpha value is -0.540.